The second-order valence-corrected chi connectivity index (χ2v) is 7.55. The lowest BCUT2D eigenvalue weighted by molar-refractivity contribution is 0.174. The molecule has 0 spiro atoms. The molecule has 1 unspecified atom stereocenters. The lowest BCUT2D eigenvalue weighted by Gasteiger charge is -2.38. The zero-order valence-corrected chi connectivity index (χ0v) is 16.3. The van der Waals surface area contributed by atoms with Crippen LogP contribution < -0.4 is 4.90 Å². The summed E-state index contributed by atoms with van der Waals surface area (Å²) >= 11 is 0. The summed E-state index contributed by atoms with van der Waals surface area (Å²) in [6.45, 7) is 2.90. The number of aromatic nitrogens is 1. The van der Waals surface area contributed by atoms with Gasteiger partial charge in [0.05, 0.1) is 0 Å². The number of anilines is 1. The molecular weight excluding hydrogens is 349 g/mol. The maximum atomic E-state index is 13.3. The third-order valence-electron chi connectivity index (χ3n) is 5.67. The summed E-state index contributed by atoms with van der Waals surface area (Å²) in [4.78, 5) is 8.95. The van der Waals surface area contributed by atoms with E-state index in [1.807, 2.05) is 36.7 Å². The quantitative estimate of drug-likeness (QED) is 0.639. The SMILES string of the molecule is CN(CCN1Cc2ccccc2CC1Cc1ccc(F)cc1)c1ccncc1. The van der Waals surface area contributed by atoms with Crippen LogP contribution in [-0.4, -0.2) is 36.1 Å². The van der Waals surface area contributed by atoms with Gasteiger partial charge in [-0.2, -0.15) is 0 Å². The van der Waals surface area contributed by atoms with Crippen LogP contribution in [0.4, 0.5) is 10.1 Å². The monoisotopic (exact) mass is 375 g/mol. The van der Waals surface area contributed by atoms with E-state index >= 15 is 0 Å². The topological polar surface area (TPSA) is 19.4 Å². The van der Waals surface area contributed by atoms with Crippen LogP contribution in [0.25, 0.3) is 0 Å². The first kappa shape index (κ1) is 18.6. The van der Waals surface area contributed by atoms with Crippen molar-refractivity contribution < 1.29 is 4.39 Å². The van der Waals surface area contributed by atoms with Crippen LogP contribution >= 0.6 is 0 Å². The van der Waals surface area contributed by atoms with Gasteiger partial charge in [0, 0.05) is 50.8 Å². The lowest BCUT2D eigenvalue weighted by atomic mass is 9.90. The fourth-order valence-corrected chi connectivity index (χ4v) is 4.00. The minimum atomic E-state index is -0.173. The highest BCUT2D eigenvalue weighted by molar-refractivity contribution is 5.43. The molecule has 4 heteroatoms. The molecule has 2 aromatic carbocycles. The molecule has 2 heterocycles. The van der Waals surface area contributed by atoms with Gasteiger partial charge in [0.1, 0.15) is 5.82 Å². The van der Waals surface area contributed by atoms with Crippen molar-refractivity contribution in [2.45, 2.75) is 25.4 Å². The number of halogens is 1. The van der Waals surface area contributed by atoms with Gasteiger partial charge < -0.3 is 4.90 Å². The van der Waals surface area contributed by atoms with Crippen molar-refractivity contribution in [1.29, 1.82) is 0 Å². The average molecular weight is 375 g/mol. The fourth-order valence-electron chi connectivity index (χ4n) is 4.00. The van der Waals surface area contributed by atoms with Gasteiger partial charge in [-0.05, 0) is 53.8 Å². The van der Waals surface area contributed by atoms with Crippen LogP contribution in [0.5, 0.6) is 0 Å². The lowest BCUT2D eigenvalue weighted by Crippen LogP contribution is -2.45. The van der Waals surface area contributed by atoms with Gasteiger partial charge in [0.25, 0.3) is 0 Å². The van der Waals surface area contributed by atoms with Gasteiger partial charge in [-0.25, -0.2) is 4.39 Å². The average Bonchev–Trinajstić information content (AvgIpc) is 2.74. The summed E-state index contributed by atoms with van der Waals surface area (Å²) < 4.78 is 13.3. The maximum Gasteiger partial charge on any atom is 0.123 e. The number of hydrogen-bond donors (Lipinski definition) is 0. The third kappa shape index (κ3) is 4.39. The molecule has 0 aliphatic carbocycles. The Hall–Kier alpha value is -2.72. The summed E-state index contributed by atoms with van der Waals surface area (Å²) in [6, 6.07) is 20.2. The van der Waals surface area contributed by atoms with E-state index in [4.69, 9.17) is 0 Å². The van der Waals surface area contributed by atoms with Crippen LogP contribution in [0.3, 0.4) is 0 Å². The van der Waals surface area contributed by atoms with E-state index < -0.39 is 0 Å². The Bertz CT molecular complexity index is 895. The molecule has 0 radical (unpaired) electrons. The van der Waals surface area contributed by atoms with Crippen molar-refractivity contribution >= 4 is 5.69 Å². The molecule has 1 atom stereocenters. The Balaban J connectivity index is 1.49. The number of hydrogen-bond acceptors (Lipinski definition) is 3. The molecule has 0 saturated carbocycles. The largest absolute Gasteiger partial charge is 0.373 e. The smallest absolute Gasteiger partial charge is 0.123 e. The third-order valence-corrected chi connectivity index (χ3v) is 5.67. The molecule has 4 rings (SSSR count). The van der Waals surface area contributed by atoms with E-state index in [-0.39, 0.29) is 5.82 Å². The molecule has 0 fully saturated rings. The zero-order chi connectivity index (χ0) is 19.3. The molecule has 3 aromatic rings. The van der Waals surface area contributed by atoms with Crippen molar-refractivity contribution in [2.75, 3.05) is 25.0 Å². The Labute approximate surface area is 166 Å². The highest BCUT2D eigenvalue weighted by Crippen LogP contribution is 2.25. The first-order chi connectivity index (χ1) is 13.7. The summed E-state index contributed by atoms with van der Waals surface area (Å²) in [5.41, 5.74) is 5.23. The van der Waals surface area contributed by atoms with Crippen LogP contribution in [0.1, 0.15) is 16.7 Å². The Morgan fingerprint density at radius 2 is 1.71 bits per heavy atom. The van der Waals surface area contributed by atoms with Gasteiger partial charge in [-0.15, -0.1) is 0 Å². The number of pyridine rings is 1. The first-order valence-electron chi connectivity index (χ1n) is 9.85. The van der Waals surface area contributed by atoms with Gasteiger partial charge in [-0.1, -0.05) is 36.4 Å². The molecule has 0 amide bonds. The molecule has 0 bridgehead atoms. The zero-order valence-electron chi connectivity index (χ0n) is 16.3. The number of rotatable bonds is 6. The highest BCUT2D eigenvalue weighted by Gasteiger charge is 2.26. The minimum absolute atomic E-state index is 0.173. The van der Waals surface area contributed by atoms with Crippen molar-refractivity contribution in [3.63, 3.8) is 0 Å². The van der Waals surface area contributed by atoms with E-state index in [9.17, 15) is 4.39 Å². The van der Waals surface area contributed by atoms with Crippen molar-refractivity contribution in [2.24, 2.45) is 0 Å². The van der Waals surface area contributed by atoms with E-state index in [2.05, 4.69) is 46.1 Å². The summed E-state index contributed by atoms with van der Waals surface area (Å²) in [5, 5.41) is 0. The number of benzene rings is 2. The van der Waals surface area contributed by atoms with Crippen molar-refractivity contribution in [3.05, 3.63) is 95.6 Å². The predicted molar refractivity (Wildman–Crippen MR) is 112 cm³/mol. The molecule has 28 heavy (non-hydrogen) atoms. The second kappa shape index (κ2) is 8.53. The van der Waals surface area contributed by atoms with Gasteiger partial charge >= 0.3 is 0 Å². The number of nitrogens with zero attached hydrogens (tertiary/aromatic N) is 3. The molecule has 0 saturated heterocycles. The van der Waals surface area contributed by atoms with Crippen LogP contribution in [0.2, 0.25) is 0 Å². The standard InChI is InChI=1S/C24H26FN3/c1-27(23-10-12-26-13-11-23)14-15-28-18-21-5-3-2-4-20(21)17-24(28)16-19-6-8-22(25)9-7-19/h2-13,24H,14-18H2,1H3. The summed E-state index contributed by atoms with van der Waals surface area (Å²) in [7, 11) is 2.13. The first-order valence-corrected chi connectivity index (χ1v) is 9.85. The fraction of sp³-hybridized carbons (Fsp3) is 0.292. The van der Waals surface area contributed by atoms with E-state index in [1.54, 1.807) is 12.1 Å². The van der Waals surface area contributed by atoms with Gasteiger partial charge in [0.2, 0.25) is 0 Å². The highest BCUT2D eigenvalue weighted by atomic mass is 19.1. The predicted octanol–water partition coefficient (Wildman–Crippen LogP) is 4.33. The maximum absolute atomic E-state index is 13.3. The van der Waals surface area contributed by atoms with Crippen molar-refractivity contribution in [3.8, 4) is 0 Å². The molecule has 3 nitrogen and oxygen atoms in total. The van der Waals surface area contributed by atoms with E-state index in [0.29, 0.717) is 6.04 Å². The van der Waals surface area contributed by atoms with Crippen molar-refractivity contribution in [1.82, 2.24) is 9.88 Å². The van der Waals surface area contributed by atoms with E-state index in [1.165, 1.54) is 22.4 Å². The Morgan fingerprint density at radius 3 is 2.46 bits per heavy atom. The summed E-state index contributed by atoms with van der Waals surface area (Å²) in [6.07, 6.45) is 5.64. The Kier molecular flexibility index (Phi) is 5.68. The number of likely N-dealkylation sites (N-methyl/N-ethyl adjacent to an activating group) is 1. The van der Waals surface area contributed by atoms with Crippen LogP contribution in [0, 0.1) is 5.82 Å². The molecule has 1 aliphatic rings. The molecule has 1 aromatic heterocycles. The van der Waals surface area contributed by atoms with E-state index in [0.717, 1.165) is 32.5 Å². The van der Waals surface area contributed by atoms with Gasteiger partial charge in [0.15, 0.2) is 0 Å². The molecular formula is C24H26FN3. The minimum Gasteiger partial charge on any atom is -0.373 e. The molecule has 1 aliphatic heterocycles. The normalized spacial score (nSPS) is 16.6. The second-order valence-electron chi connectivity index (χ2n) is 7.55. The van der Waals surface area contributed by atoms with Crippen LogP contribution in [0.15, 0.2) is 73.1 Å². The Morgan fingerprint density at radius 1 is 1.00 bits per heavy atom. The summed E-state index contributed by atoms with van der Waals surface area (Å²) in [5.74, 6) is -0.173. The molecule has 0 N–H and O–H groups in total. The molecule has 144 valence electrons. The van der Waals surface area contributed by atoms with Crippen LogP contribution in [-0.2, 0) is 19.4 Å². The number of fused-ring (bicyclic) bond motifs is 1. The van der Waals surface area contributed by atoms with Gasteiger partial charge in [-0.3, -0.25) is 9.88 Å².